The van der Waals surface area contributed by atoms with Gasteiger partial charge in [-0.25, -0.2) is 0 Å². The molecule has 1 aliphatic heterocycles. The second-order valence-electron chi connectivity index (χ2n) is 6.03. The summed E-state index contributed by atoms with van der Waals surface area (Å²) in [4.78, 5) is 17.6. The number of likely N-dealkylation sites (N-methyl/N-ethyl adjacent to an activating group) is 1. The molecule has 23 heavy (non-hydrogen) atoms. The van der Waals surface area contributed by atoms with Crippen LogP contribution in [0, 0.1) is 5.92 Å². The highest BCUT2D eigenvalue weighted by Gasteiger charge is 2.26. The number of aromatic nitrogens is 1. The van der Waals surface area contributed by atoms with Crippen LogP contribution in [-0.4, -0.2) is 49.7 Å². The van der Waals surface area contributed by atoms with Gasteiger partial charge in [-0.1, -0.05) is 6.07 Å². The van der Waals surface area contributed by atoms with Gasteiger partial charge in [-0.15, -0.1) is 12.4 Å². The third-order valence-corrected chi connectivity index (χ3v) is 4.05. The molecule has 126 valence electrons. The first-order valence-corrected chi connectivity index (χ1v) is 7.68. The van der Waals surface area contributed by atoms with E-state index in [0.29, 0.717) is 19.0 Å². The topological polar surface area (TPSA) is 54.6 Å². The van der Waals surface area contributed by atoms with Gasteiger partial charge in [0.05, 0.1) is 12.5 Å². The molecule has 1 atom stereocenters. The summed E-state index contributed by atoms with van der Waals surface area (Å²) in [5, 5.41) is 1.01. The zero-order valence-electron chi connectivity index (χ0n) is 13.5. The van der Waals surface area contributed by atoms with Crippen LogP contribution < -0.4 is 4.74 Å². The fourth-order valence-corrected chi connectivity index (χ4v) is 2.76. The third kappa shape index (κ3) is 4.05. The van der Waals surface area contributed by atoms with E-state index in [2.05, 4.69) is 24.0 Å². The predicted octanol–water partition coefficient (Wildman–Crippen LogP) is 2.64. The van der Waals surface area contributed by atoms with Gasteiger partial charge in [-0.05, 0) is 44.6 Å². The Morgan fingerprint density at radius 1 is 1.43 bits per heavy atom. The number of esters is 1. The number of benzene rings is 1. The molecule has 0 aliphatic carbocycles. The van der Waals surface area contributed by atoms with Crippen molar-refractivity contribution in [2.24, 2.45) is 5.92 Å². The van der Waals surface area contributed by atoms with Crippen LogP contribution in [0.5, 0.6) is 5.75 Å². The molecule has 3 rings (SSSR count). The standard InChI is InChI=1S/C17H22N2O3.ClH/c1-19(2)8-6-12-10-18-14-4-3-5-15(16(12)14)22-17(20)13-7-9-21-11-13;/h3-5,10,13,18H,6-9,11H2,1-2H3;1H. The van der Waals surface area contributed by atoms with Crippen LogP contribution >= 0.6 is 12.4 Å². The maximum atomic E-state index is 12.2. The van der Waals surface area contributed by atoms with E-state index in [1.807, 2.05) is 24.4 Å². The zero-order chi connectivity index (χ0) is 15.5. The largest absolute Gasteiger partial charge is 0.426 e. The summed E-state index contributed by atoms with van der Waals surface area (Å²) in [6.45, 7) is 2.06. The van der Waals surface area contributed by atoms with E-state index in [1.54, 1.807) is 0 Å². The second-order valence-corrected chi connectivity index (χ2v) is 6.03. The summed E-state index contributed by atoms with van der Waals surface area (Å²) in [5.41, 5.74) is 2.18. The van der Waals surface area contributed by atoms with Gasteiger partial charge in [0, 0.05) is 30.3 Å². The lowest BCUT2D eigenvalue weighted by Gasteiger charge is -2.12. The highest BCUT2D eigenvalue weighted by atomic mass is 35.5. The molecule has 1 N–H and O–H groups in total. The van der Waals surface area contributed by atoms with E-state index in [9.17, 15) is 4.79 Å². The van der Waals surface area contributed by atoms with Crippen molar-refractivity contribution in [3.8, 4) is 5.75 Å². The molecular formula is C17H23ClN2O3. The van der Waals surface area contributed by atoms with Crippen LogP contribution in [0.1, 0.15) is 12.0 Å². The van der Waals surface area contributed by atoms with Crippen molar-refractivity contribution in [2.75, 3.05) is 33.9 Å². The molecule has 0 spiro atoms. The fraction of sp³-hybridized carbons (Fsp3) is 0.471. The Kier molecular flexibility index (Phi) is 6.04. The second kappa shape index (κ2) is 7.81. The van der Waals surface area contributed by atoms with E-state index < -0.39 is 0 Å². The quantitative estimate of drug-likeness (QED) is 0.672. The van der Waals surface area contributed by atoms with Gasteiger partial charge in [0.1, 0.15) is 5.75 Å². The number of rotatable bonds is 5. The lowest BCUT2D eigenvalue weighted by atomic mass is 10.1. The summed E-state index contributed by atoms with van der Waals surface area (Å²) >= 11 is 0. The Morgan fingerprint density at radius 2 is 2.26 bits per heavy atom. The molecule has 1 saturated heterocycles. The molecule has 0 saturated carbocycles. The molecule has 1 aromatic heterocycles. The number of ether oxygens (including phenoxy) is 2. The van der Waals surface area contributed by atoms with Crippen molar-refractivity contribution in [2.45, 2.75) is 12.8 Å². The summed E-state index contributed by atoms with van der Waals surface area (Å²) < 4.78 is 10.9. The highest BCUT2D eigenvalue weighted by Crippen LogP contribution is 2.30. The first kappa shape index (κ1) is 17.8. The Balaban J connectivity index is 0.00000192. The zero-order valence-corrected chi connectivity index (χ0v) is 14.3. The average Bonchev–Trinajstić information content (AvgIpc) is 3.15. The summed E-state index contributed by atoms with van der Waals surface area (Å²) in [6, 6.07) is 5.77. The van der Waals surface area contributed by atoms with Crippen molar-refractivity contribution >= 4 is 29.3 Å². The number of aromatic amines is 1. The molecule has 0 amide bonds. The number of halogens is 1. The number of nitrogens with one attached hydrogen (secondary N) is 1. The van der Waals surface area contributed by atoms with Gasteiger partial charge < -0.3 is 19.4 Å². The van der Waals surface area contributed by atoms with Crippen molar-refractivity contribution < 1.29 is 14.3 Å². The van der Waals surface area contributed by atoms with Crippen LogP contribution in [0.2, 0.25) is 0 Å². The maximum Gasteiger partial charge on any atom is 0.316 e. The van der Waals surface area contributed by atoms with Gasteiger partial charge >= 0.3 is 5.97 Å². The molecule has 6 heteroatoms. The number of fused-ring (bicyclic) bond motifs is 1. The number of hydrogen-bond donors (Lipinski definition) is 1. The van der Waals surface area contributed by atoms with Gasteiger partial charge in [-0.2, -0.15) is 0 Å². The normalized spacial score (nSPS) is 17.4. The molecule has 0 radical (unpaired) electrons. The monoisotopic (exact) mass is 338 g/mol. The smallest absolute Gasteiger partial charge is 0.316 e. The first-order chi connectivity index (χ1) is 10.6. The van der Waals surface area contributed by atoms with Gasteiger partial charge in [-0.3, -0.25) is 4.79 Å². The average molecular weight is 339 g/mol. The minimum Gasteiger partial charge on any atom is -0.426 e. The van der Waals surface area contributed by atoms with Crippen LogP contribution in [0.15, 0.2) is 24.4 Å². The van der Waals surface area contributed by atoms with E-state index in [0.717, 1.165) is 30.3 Å². The molecular weight excluding hydrogens is 316 g/mol. The van der Waals surface area contributed by atoms with E-state index in [-0.39, 0.29) is 24.3 Å². The highest BCUT2D eigenvalue weighted by molar-refractivity contribution is 5.91. The number of hydrogen-bond acceptors (Lipinski definition) is 4. The Bertz CT molecular complexity index is 663. The Morgan fingerprint density at radius 3 is 2.96 bits per heavy atom. The number of carbonyl (C=O) groups excluding carboxylic acids is 1. The molecule has 1 fully saturated rings. The fourth-order valence-electron chi connectivity index (χ4n) is 2.76. The molecule has 2 heterocycles. The minimum absolute atomic E-state index is 0. The molecule has 5 nitrogen and oxygen atoms in total. The van der Waals surface area contributed by atoms with Crippen molar-refractivity contribution in [1.82, 2.24) is 9.88 Å². The SMILES string of the molecule is CN(C)CCc1c[nH]c2cccc(OC(=O)C3CCOC3)c12.Cl. The third-order valence-electron chi connectivity index (χ3n) is 4.05. The van der Waals surface area contributed by atoms with Gasteiger partial charge in [0.2, 0.25) is 0 Å². The van der Waals surface area contributed by atoms with E-state index in [1.165, 1.54) is 5.56 Å². The van der Waals surface area contributed by atoms with Gasteiger partial charge in [0.15, 0.2) is 0 Å². The number of carbonyl (C=O) groups is 1. The van der Waals surface area contributed by atoms with Crippen molar-refractivity contribution in [1.29, 1.82) is 0 Å². The maximum absolute atomic E-state index is 12.2. The minimum atomic E-state index is -0.190. The first-order valence-electron chi connectivity index (χ1n) is 7.68. The molecule has 1 aromatic carbocycles. The molecule has 0 bridgehead atoms. The van der Waals surface area contributed by atoms with Crippen molar-refractivity contribution in [3.05, 3.63) is 30.0 Å². The van der Waals surface area contributed by atoms with E-state index >= 15 is 0 Å². The van der Waals surface area contributed by atoms with Crippen LogP contribution in [0.25, 0.3) is 10.9 Å². The summed E-state index contributed by atoms with van der Waals surface area (Å²) in [6.07, 6.45) is 3.66. The van der Waals surface area contributed by atoms with Crippen molar-refractivity contribution in [3.63, 3.8) is 0 Å². The molecule has 2 aromatic rings. The summed E-state index contributed by atoms with van der Waals surface area (Å²) in [5.74, 6) is 0.314. The van der Waals surface area contributed by atoms with Crippen LogP contribution in [-0.2, 0) is 16.0 Å². The molecule has 1 unspecified atom stereocenters. The summed E-state index contributed by atoms with van der Waals surface area (Å²) in [7, 11) is 4.10. The lowest BCUT2D eigenvalue weighted by Crippen LogP contribution is -2.20. The Hall–Kier alpha value is -1.56. The predicted molar refractivity (Wildman–Crippen MR) is 92.4 cm³/mol. The van der Waals surface area contributed by atoms with Crippen LogP contribution in [0.3, 0.4) is 0 Å². The van der Waals surface area contributed by atoms with Gasteiger partial charge in [0.25, 0.3) is 0 Å². The Labute approximate surface area is 142 Å². The number of H-pyrrole nitrogens is 1. The lowest BCUT2D eigenvalue weighted by molar-refractivity contribution is -0.138. The molecule has 1 aliphatic rings. The number of nitrogens with zero attached hydrogens (tertiary/aromatic N) is 1. The van der Waals surface area contributed by atoms with E-state index in [4.69, 9.17) is 9.47 Å². The van der Waals surface area contributed by atoms with Crippen LogP contribution in [0.4, 0.5) is 0 Å².